The Morgan fingerprint density at radius 2 is 2.10 bits per heavy atom. The Bertz CT molecular complexity index is 462. The second-order valence-electron chi connectivity index (χ2n) is 4.70. The van der Waals surface area contributed by atoms with Crippen molar-refractivity contribution in [1.82, 2.24) is 5.32 Å². The summed E-state index contributed by atoms with van der Waals surface area (Å²) in [5.41, 5.74) is 1.27. The number of nitrogens with one attached hydrogen (secondary N) is 2. The molecule has 1 fully saturated rings. The predicted octanol–water partition coefficient (Wildman–Crippen LogP) is 1.21. The van der Waals surface area contributed by atoms with Gasteiger partial charge >= 0.3 is 0 Å². The summed E-state index contributed by atoms with van der Waals surface area (Å²) in [7, 11) is 1.78. The maximum atomic E-state index is 13.7. The van der Waals surface area contributed by atoms with Gasteiger partial charge in [-0.3, -0.25) is 4.79 Å². The first kappa shape index (κ1) is 14.7. The fourth-order valence-electron chi connectivity index (χ4n) is 2.11. The SMILES string of the molecule is CNCCC(=O)Nc1cc(F)cc(N2CCOCC2)c1. The lowest BCUT2D eigenvalue weighted by molar-refractivity contribution is -0.116. The van der Waals surface area contributed by atoms with Crippen LogP contribution in [-0.4, -0.2) is 45.8 Å². The van der Waals surface area contributed by atoms with Crippen LogP contribution in [-0.2, 0) is 9.53 Å². The van der Waals surface area contributed by atoms with Crippen molar-refractivity contribution in [1.29, 1.82) is 0 Å². The second kappa shape index (κ2) is 7.21. The van der Waals surface area contributed by atoms with Gasteiger partial charge < -0.3 is 20.3 Å². The van der Waals surface area contributed by atoms with E-state index in [1.165, 1.54) is 12.1 Å². The number of anilines is 2. The third kappa shape index (κ3) is 4.18. The maximum Gasteiger partial charge on any atom is 0.225 e. The van der Waals surface area contributed by atoms with E-state index >= 15 is 0 Å². The number of rotatable bonds is 5. The summed E-state index contributed by atoms with van der Waals surface area (Å²) in [5, 5.41) is 5.62. The van der Waals surface area contributed by atoms with Crippen LogP contribution in [0.1, 0.15) is 6.42 Å². The summed E-state index contributed by atoms with van der Waals surface area (Å²) >= 11 is 0. The average molecular weight is 281 g/mol. The summed E-state index contributed by atoms with van der Waals surface area (Å²) in [6.45, 7) is 3.34. The van der Waals surface area contributed by atoms with E-state index in [9.17, 15) is 9.18 Å². The highest BCUT2D eigenvalue weighted by molar-refractivity contribution is 5.91. The molecule has 20 heavy (non-hydrogen) atoms. The zero-order chi connectivity index (χ0) is 14.4. The molecule has 1 aromatic carbocycles. The summed E-state index contributed by atoms with van der Waals surface area (Å²) in [6.07, 6.45) is 0.361. The van der Waals surface area contributed by atoms with Crippen LogP contribution >= 0.6 is 0 Å². The van der Waals surface area contributed by atoms with Crippen molar-refractivity contribution in [2.24, 2.45) is 0 Å². The molecule has 0 aliphatic carbocycles. The molecule has 0 atom stereocenters. The van der Waals surface area contributed by atoms with Crippen molar-refractivity contribution >= 4 is 17.3 Å². The molecule has 2 N–H and O–H groups in total. The number of nitrogens with zero attached hydrogens (tertiary/aromatic N) is 1. The lowest BCUT2D eigenvalue weighted by atomic mass is 10.2. The van der Waals surface area contributed by atoms with Gasteiger partial charge in [0.15, 0.2) is 0 Å². The van der Waals surface area contributed by atoms with E-state index in [0.29, 0.717) is 31.9 Å². The fourth-order valence-corrected chi connectivity index (χ4v) is 2.11. The monoisotopic (exact) mass is 281 g/mol. The minimum Gasteiger partial charge on any atom is -0.378 e. The molecule has 0 saturated carbocycles. The van der Waals surface area contributed by atoms with E-state index in [0.717, 1.165) is 18.8 Å². The first-order chi connectivity index (χ1) is 9.69. The molecule has 0 unspecified atom stereocenters. The molecule has 0 spiro atoms. The number of benzene rings is 1. The molecule has 2 rings (SSSR count). The van der Waals surface area contributed by atoms with Crippen LogP contribution in [0.3, 0.4) is 0 Å². The predicted molar refractivity (Wildman–Crippen MR) is 76.6 cm³/mol. The zero-order valence-corrected chi connectivity index (χ0v) is 11.6. The molecule has 1 amide bonds. The van der Waals surface area contributed by atoms with Crippen molar-refractivity contribution in [3.63, 3.8) is 0 Å². The van der Waals surface area contributed by atoms with Gasteiger partial charge in [0.1, 0.15) is 5.82 Å². The Labute approximate surface area is 118 Å². The largest absolute Gasteiger partial charge is 0.378 e. The van der Waals surface area contributed by atoms with Crippen LogP contribution in [0.15, 0.2) is 18.2 Å². The van der Waals surface area contributed by atoms with Crippen LogP contribution in [0, 0.1) is 5.82 Å². The molecule has 0 radical (unpaired) electrons. The van der Waals surface area contributed by atoms with E-state index in [1.807, 2.05) is 0 Å². The third-order valence-corrected chi connectivity index (χ3v) is 3.14. The van der Waals surface area contributed by atoms with Crippen LogP contribution < -0.4 is 15.5 Å². The normalized spacial score (nSPS) is 15.2. The Morgan fingerprint density at radius 1 is 1.35 bits per heavy atom. The van der Waals surface area contributed by atoms with Crippen LogP contribution in [0.2, 0.25) is 0 Å². The first-order valence-corrected chi connectivity index (χ1v) is 6.77. The number of carbonyl (C=O) groups is 1. The van der Waals surface area contributed by atoms with E-state index in [2.05, 4.69) is 15.5 Å². The number of hydrogen-bond donors (Lipinski definition) is 2. The number of hydrogen-bond acceptors (Lipinski definition) is 4. The van der Waals surface area contributed by atoms with E-state index < -0.39 is 0 Å². The molecule has 0 aromatic heterocycles. The lowest BCUT2D eigenvalue weighted by Crippen LogP contribution is -2.36. The van der Waals surface area contributed by atoms with Crippen molar-refractivity contribution < 1.29 is 13.9 Å². The average Bonchev–Trinajstić information content (AvgIpc) is 2.45. The van der Waals surface area contributed by atoms with Gasteiger partial charge in [0, 0.05) is 37.4 Å². The van der Waals surface area contributed by atoms with Gasteiger partial charge in [0.05, 0.1) is 13.2 Å². The topological polar surface area (TPSA) is 53.6 Å². The van der Waals surface area contributed by atoms with Gasteiger partial charge in [-0.25, -0.2) is 4.39 Å². The van der Waals surface area contributed by atoms with Gasteiger partial charge in [-0.05, 0) is 25.2 Å². The first-order valence-electron chi connectivity index (χ1n) is 6.77. The fraction of sp³-hybridized carbons (Fsp3) is 0.500. The van der Waals surface area contributed by atoms with E-state index in [4.69, 9.17) is 4.74 Å². The smallest absolute Gasteiger partial charge is 0.225 e. The number of amides is 1. The molecular weight excluding hydrogens is 261 g/mol. The molecule has 1 aromatic rings. The Hall–Kier alpha value is -1.66. The summed E-state index contributed by atoms with van der Waals surface area (Å²) in [5.74, 6) is -0.476. The summed E-state index contributed by atoms with van der Waals surface area (Å²) in [6, 6.07) is 4.61. The maximum absolute atomic E-state index is 13.7. The highest BCUT2D eigenvalue weighted by Gasteiger charge is 2.13. The number of halogens is 1. The number of carbonyl (C=O) groups excluding carboxylic acids is 1. The van der Waals surface area contributed by atoms with Crippen molar-refractivity contribution in [2.75, 3.05) is 50.1 Å². The molecular formula is C14H20FN3O2. The number of ether oxygens (including phenoxy) is 1. The molecule has 1 saturated heterocycles. The van der Waals surface area contributed by atoms with E-state index in [1.54, 1.807) is 13.1 Å². The second-order valence-corrected chi connectivity index (χ2v) is 4.70. The highest BCUT2D eigenvalue weighted by Crippen LogP contribution is 2.22. The van der Waals surface area contributed by atoms with E-state index in [-0.39, 0.29) is 11.7 Å². The van der Waals surface area contributed by atoms with Gasteiger partial charge in [-0.1, -0.05) is 0 Å². The molecule has 110 valence electrons. The minimum atomic E-state index is -0.349. The standard InChI is InChI=1S/C14H20FN3O2/c1-16-3-2-14(19)17-12-8-11(15)9-13(10-12)18-4-6-20-7-5-18/h8-10,16H,2-7H2,1H3,(H,17,19). The highest BCUT2D eigenvalue weighted by atomic mass is 19.1. The lowest BCUT2D eigenvalue weighted by Gasteiger charge is -2.29. The van der Waals surface area contributed by atoms with Gasteiger partial charge in [-0.15, -0.1) is 0 Å². The summed E-state index contributed by atoms with van der Waals surface area (Å²) in [4.78, 5) is 13.7. The van der Waals surface area contributed by atoms with Gasteiger partial charge in [0.25, 0.3) is 0 Å². The van der Waals surface area contributed by atoms with Gasteiger partial charge in [-0.2, -0.15) is 0 Å². The number of morpholine rings is 1. The van der Waals surface area contributed by atoms with Gasteiger partial charge in [0.2, 0.25) is 5.91 Å². The zero-order valence-electron chi connectivity index (χ0n) is 11.6. The molecule has 1 aliphatic heterocycles. The third-order valence-electron chi connectivity index (χ3n) is 3.14. The quantitative estimate of drug-likeness (QED) is 0.852. The Balaban J connectivity index is 2.05. The van der Waals surface area contributed by atoms with Crippen LogP contribution in [0.5, 0.6) is 0 Å². The minimum absolute atomic E-state index is 0.127. The molecule has 0 bridgehead atoms. The van der Waals surface area contributed by atoms with Crippen LogP contribution in [0.25, 0.3) is 0 Å². The molecule has 6 heteroatoms. The Morgan fingerprint density at radius 3 is 2.80 bits per heavy atom. The molecule has 1 heterocycles. The molecule has 1 aliphatic rings. The van der Waals surface area contributed by atoms with Crippen LogP contribution in [0.4, 0.5) is 15.8 Å². The molecule has 5 nitrogen and oxygen atoms in total. The summed E-state index contributed by atoms with van der Waals surface area (Å²) < 4.78 is 18.9. The van der Waals surface area contributed by atoms with Crippen molar-refractivity contribution in [2.45, 2.75) is 6.42 Å². The Kier molecular flexibility index (Phi) is 5.31. The van der Waals surface area contributed by atoms with Crippen molar-refractivity contribution in [3.05, 3.63) is 24.0 Å². The van der Waals surface area contributed by atoms with Crippen molar-refractivity contribution in [3.8, 4) is 0 Å².